The topological polar surface area (TPSA) is 44.9 Å². The summed E-state index contributed by atoms with van der Waals surface area (Å²) in [5.74, 6) is 0.851. The molecule has 1 heterocycles. The van der Waals surface area contributed by atoms with E-state index in [0.29, 0.717) is 6.42 Å². The quantitative estimate of drug-likeness (QED) is 0.850. The molecule has 0 aliphatic heterocycles. The lowest BCUT2D eigenvalue weighted by Crippen LogP contribution is -2.33. The molecule has 1 saturated carbocycles. The number of hydrogen-bond acceptors (Lipinski definition) is 1. The van der Waals surface area contributed by atoms with E-state index in [9.17, 15) is 4.79 Å². The third-order valence-electron chi connectivity index (χ3n) is 3.84. The summed E-state index contributed by atoms with van der Waals surface area (Å²) >= 11 is 0. The molecule has 0 atom stereocenters. The Kier molecular flexibility index (Phi) is 3.05. The normalized spacial score (nSPS) is 15.6. The molecule has 3 rings (SSSR count). The molecule has 0 bridgehead atoms. The summed E-state index contributed by atoms with van der Waals surface area (Å²) in [5, 5.41) is 4.18. The number of nitrogens with one attached hydrogen (secondary N) is 2. The maximum atomic E-state index is 11.9. The minimum atomic E-state index is 0.131. The van der Waals surface area contributed by atoms with Gasteiger partial charge in [-0.15, -0.1) is 0 Å². The smallest absolute Gasteiger partial charge is 0.224 e. The van der Waals surface area contributed by atoms with E-state index in [-0.39, 0.29) is 5.91 Å². The van der Waals surface area contributed by atoms with E-state index in [4.69, 9.17) is 0 Å². The fourth-order valence-electron chi connectivity index (χ4n) is 2.47. The highest BCUT2D eigenvalue weighted by Crippen LogP contribution is 2.25. The van der Waals surface area contributed by atoms with Gasteiger partial charge in [0.05, 0.1) is 6.42 Å². The van der Waals surface area contributed by atoms with Crippen molar-refractivity contribution in [1.82, 2.24) is 10.3 Å². The molecule has 0 unspecified atom stereocenters. The van der Waals surface area contributed by atoms with Gasteiger partial charge in [0.2, 0.25) is 5.91 Å². The first-order chi connectivity index (χ1) is 8.83. The highest BCUT2D eigenvalue weighted by Gasteiger charge is 2.18. The zero-order valence-corrected chi connectivity index (χ0v) is 10.4. The lowest BCUT2D eigenvalue weighted by molar-refractivity contribution is -0.120. The monoisotopic (exact) mass is 242 g/mol. The Morgan fingerprint density at radius 1 is 1.33 bits per heavy atom. The van der Waals surface area contributed by atoms with Gasteiger partial charge in [-0.1, -0.05) is 24.6 Å². The van der Waals surface area contributed by atoms with Crippen molar-refractivity contribution in [3.8, 4) is 0 Å². The first-order valence-electron chi connectivity index (χ1n) is 6.64. The average Bonchev–Trinajstić information content (AvgIpc) is 2.71. The highest BCUT2D eigenvalue weighted by molar-refractivity contribution is 5.88. The summed E-state index contributed by atoms with van der Waals surface area (Å²) < 4.78 is 0. The van der Waals surface area contributed by atoms with Crippen molar-refractivity contribution in [2.45, 2.75) is 25.7 Å². The molecule has 1 aromatic heterocycles. The van der Waals surface area contributed by atoms with Gasteiger partial charge in [-0.2, -0.15) is 0 Å². The third kappa shape index (κ3) is 2.26. The van der Waals surface area contributed by atoms with E-state index in [0.717, 1.165) is 28.9 Å². The van der Waals surface area contributed by atoms with Gasteiger partial charge in [0.15, 0.2) is 0 Å². The van der Waals surface area contributed by atoms with Crippen LogP contribution in [0.1, 0.15) is 24.8 Å². The Morgan fingerprint density at radius 3 is 2.94 bits per heavy atom. The number of carbonyl (C=O) groups is 1. The second kappa shape index (κ2) is 4.84. The molecule has 1 aliphatic carbocycles. The summed E-state index contributed by atoms with van der Waals surface area (Å²) in [4.78, 5) is 15.1. The molecule has 1 aliphatic rings. The van der Waals surface area contributed by atoms with Gasteiger partial charge in [0.25, 0.3) is 0 Å². The fourth-order valence-corrected chi connectivity index (χ4v) is 2.47. The second-order valence-electron chi connectivity index (χ2n) is 5.14. The van der Waals surface area contributed by atoms with Crippen LogP contribution in [-0.2, 0) is 11.2 Å². The lowest BCUT2D eigenvalue weighted by atomic mass is 9.85. The maximum Gasteiger partial charge on any atom is 0.224 e. The minimum Gasteiger partial charge on any atom is -0.361 e. The molecule has 0 radical (unpaired) electrons. The van der Waals surface area contributed by atoms with Crippen LogP contribution in [0.15, 0.2) is 30.5 Å². The van der Waals surface area contributed by atoms with Crippen LogP contribution in [0.25, 0.3) is 10.9 Å². The molecule has 0 saturated heterocycles. The van der Waals surface area contributed by atoms with Crippen molar-refractivity contribution in [2.75, 3.05) is 6.54 Å². The number of amides is 1. The van der Waals surface area contributed by atoms with Crippen molar-refractivity contribution in [3.63, 3.8) is 0 Å². The average molecular weight is 242 g/mol. The largest absolute Gasteiger partial charge is 0.361 e. The van der Waals surface area contributed by atoms with Crippen molar-refractivity contribution < 1.29 is 4.79 Å². The van der Waals surface area contributed by atoms with Crippen molar-refractivity contribution in [3.05, 3.63) is 36.0 Å². The highest BCUT2D eigenvalue weighted by atomic mass is 16.1. The molecule has 3 heteroatoms. The number of hydrogen-bond donors (Lipinski definition) is 2. The zero-order chi connectivity index (χ0) is 12.4. The third-order valence-corrected chi connectivity index (χ3v) is 3.84. The van der Waals surface area contributed by atoms with Crippen LogP contribution in [0.4, 0.5) is 0 Å². The van der Waals surface area contributed by atoms with Gasteiger partial charge in [0, 0.05) is 23.6 Å². The zero-order valence-electron chi connectivity index (χ0n) is 10.4. The fraction of sp³-hybridized carbons (Fsp3) is 0.400. The van der Waals surface area contributed by atoms with Gasteiger partial charge >= 0.3 is 0 Å². The standard InChI is InChI=1S/C15H18N2O/c18-15(17-9-11-4-3-5-11)8-12-10-16-14-7-2-1-6-13(12)14/h1-2,6-7,10-11,16H,3-5,8-9H2,(H,17,18). The number of aromatic amines is 1. The van der Waals surface area contributed by atoms with Gasteiger partial charge in [-0.3, -0.25) is 4.79 Å². The van der Waals surface area contributed by atoms with Crippen molar-refractivity contribution in [1.29, 1.82) is 0 Å². The maximum absolute atomic E-state index is 11.9. The predicted molar refractivity (Wildman–Crippen MR) is 72.4 cm³/mol. The van der Waals surface area contributed by atoms with Crippen LogP contribution in [0.5, 0.6) is 0 Å². The van der Waals surface area contributed by atoms with Gasteiger partial charge in [-0.25, -0.2) is 0 Å². The lowest BCUT2D eigenvalue weighted by Gasteiger charge is -2.25. The Labute approximate surface area is 107 Å². The molecule has 94 valence electrons. The number of rotatable bonds is 4. The van der Waals surface area contributed by atoms with E-state index in [1.165, 1.54) is 19.3 Å². The molecule has 1 aromatic carbocycles. The summed E-state index contributed by atoms with van der Waals surface area (Å²) in [5.41, 5.74) is 2.18. The molecular formula is C15H18N2O. The molecule has 3 nitrogen and oxygen atoms in total. The number of fused-ring (bicyclic) bond motifs is 1. The van der Waals surface area contributed by atoms with E-state index >= 15 is 0 Å². The second-order valence-corrected chi connectivity index (χ2v) is 5.14. The summed E-state index contributed by atoms with van der Waals surface area (Å²) in [6.07, 6.45) is 6.27. The van der Waals surface area contributed by atoms with Crippen molar-refractivity contribution in [2.24, 2.45) is 5.92 Å². The number of benzene rings is 1. The Bertz CT molecular complexity index is 554. The molecule has 18 heavy (non-hydrogen) atoms. The molecule has 0 spiro atoms. The van der Waals surface area contributed by atoms with Gasteiger partial charge in [0.1, 0.15) is 0 Å². The molecule has 1 amide bonds. The van der Waals surface area contributed by atoms with E-state index in [1.807, 2.05) is 24.4 Å². The Morgan fingerprint density at radius 2 is 2.17 bits per heavy atom. The van der Waals surface area contributed by atoms with Crippen LogP contribution in [0, 0.1) is 5.92 Å². The summed E-state index contributed by atoms with van der Waals surface area (Å²) in [6.45, 7) is 0.848. The minimum absolute atomic E-state index is 0.131. The predicted octanol–water partition coefficient (Wildman–Crippen LogP) is 2.63. The SMILES string of the molecule is O=C(Cc1c[nH]c2ccccc12)NCC1CCC1. The van der Waals surface area contributed by atoms with Crippen LogP contribution >= 0.6 is 0 Å². The van der Waals surface area contributed by atoms with Crippen LogP contribution in [-0.4, -0.2) is 17.4 Å². The number of carbonyl (C=O) groups excluding carboxylic acids is 1. The van der Waals surface area contributed by atoms with E-state index in [2.05, 4.69) is 16.4 Å². The number of H-pyrrole nitrogens is 1. The Hall–Kier alpha value is -1.77. The van der Waals surface area contributed by atoms with Gasteiger partial charge in [-0.05, 0) is 30.4 Å². The van der Waals surface area contributed by atoms with Crippen LogP contribution in [0.2, 0.25) is 0 Å². The molecule has 2 aromatic rings. The number of aromatic nitrogens is 1. The molecular weight excluding hydrogens is 224 g/mol. The molecule has 1 fully saturated rings. The molecule has 2 N–H and O–H groups in total. The van der Waals surface area contributed by atoms with Crippen molar-refractivity contribution >= 4 is 16.8 Å². The first-order valence-corrected chi connectivity index (χ1v) is 6.64. The van der Waals surface area contributed by atoms with Crippen LogP contribution in [0.3, 0.4) is 0 Å². The summed E-state index contributed by atoms with van der Waals surface area (Å²) in [7, 11) is 0. The van der Waals surface area contributed by atoms with Crippen LogP contribution < -0.4 is 5.32 Å². The summed E-state index contributed by atoms with van der Waals surface area (Å²) in [6, 6.07) is 8.09. The Balaban J connectivity index is 1.62. The first kappa shape index (κ1) is 11.3. The van der Waals surface area contributed by atoms with Gasteiger partial charge < -0.3 is 10.3 Å². The number of para-hydroxylation sites is 1. The van der Waals surface area contributed by atoms with E-state index < -0.39 is 0 Å². The van der Waals surface area contributed by atoms with E-state index in [1.54, 1.807) is 0 Å².